The molecule has 27 heavy (non-hydrogen) atoms. The number of hydrogen-bond acceptors (Lipinski definition) is 5. The Hall–Kier alpha value is -2.38. The molecule has 0 atom stereocenters. The van der Waals surface area contributed by atoms with Crippen LogP contribution in [-0.4, -0.2) is 28.5 Å². The van der Waals surface area contributed by atoms with Crippen LogP contribution in [0, 0.1) is 0 Å². The van der Waals surface area contributed by atoms with Crippen molar-refractivity contribution >= 4 is 16.0 Å². The van der Waals surface area contributed by atoms with Gasteiger partial charge in [0.05, 0.1) is 17.6 Å². The minimum atomic E-state index is -3.76. The summed E-state index contributed by atoms with van der Waals surface area (Å²) in [7, 11) is -1.16. The van der Waals surface area contributed by atoms with Crippen molar-refractivity contribution < 1.29 is 22.7 Å². The Morgan fingerprint density at radius 1 is 1.11 bits per heavy atom. The van der Waals surface area contributed by atoms with Gasteiger partial charge in [-0.1, -0.05) is 38.0 Å². The number of methoxy groups -OCH3 is 1. The number of carbonyl (C=O) groups is 1. The number of unbranched alkanes of at least 4 members (excludes halogenated alkanes) is 2. The van der Waals surface area contributed by atoms with Crippen molar-refractivity contribution in [2.45, 2.75) is 37.5 Å². The molecule has 0 unspecified atom stereocenters. The summed E-state index contributed by atoms with van der Waals surface area (Å²) in [6, 6.07) is 11.8. The number of para-hydroxylation sites is 1. The van der Waals surface area contributed by atoms with Gasteiger partial charge in [-0.25, -0.2) is 17.9 Å². The Balaban J connectivity index is 2.62. The standard InChI is InChI=1S/C20H25NO5S/c1-4-5-7-12-17-18(20(22)25-3)13-16(27(23,24)21-2)14-19(17)26-15-10-8-6-9-11-15/h6,8-11,13-14,21H,4-5,7,12H2,1-3H3. The van der Waals surface area contributed by atoms with Gasteiger partial charge >= 0.3 is 5.97 Å². The molecule has 6 nitrogen and oxygen atoms in total. The van der Waals surface area contributed by atoms with Gasteiger partial charge in [0.15, 0.2) is 0 Å². The number of hydrogen-bond donors (Lipinski definition) is 1. The van der Waals surface area contributed by atoms with Crippen molar-refractivity contribution in [2.24, 2.45) is 0 Å². The zero-order valence-electron chi connectivity index (χ0n) is 15.8. The monoisotopic (exact) mass is 391 g/mol. The van der Waals surface area contributed by atoms with E-state index < -0.39 is 16.0 Å². The third-order valence-corrected chi connectivity index (χ3v) is 5.56. The summed E-state index contributed by atoms with van der Waals surface area (Å²) in [6.45, 7) is 2.09. The molecule has 0 aliphatic carbocycles. The van der Waals surface area contributed by atoms with Crippen LogP contribution in [-0.2, 0) is 21.2 Å². The van der Waals surface area contributed by atoms with Crippen LogP contribution in [0.5, 0.6) is 11.5 Å². The summed E-state index contributed by atoms with van der Waals surface area (Å²) < 4.78 is 37.7. The minimum Gasteiger partial charge on any atom is -0.465 e. The average Bonchev–Trinajstić information content (AvgIpc) is 2.69. The first-order chi connectivity index (χ1) is 12.9. The van der Waals surface area contributed by atoms with Gasteiger partial charge in [0, 0.05) is 11.6 Å². The first-order valence-electron chi connectivity index (χ1n) is 8.84. The van der Waals surface area contributed by atoms with E-state index in [0.29, 0.717) is 23.5 Å². The van der Waals surface area contributed by atoms with Crippen molar-refractivity contribution in [1.29, 1.82) is 0 Å². The minimum absolute atomic E-state index is 0.0458. The Morgan fingerprint density at radius 3 is 2.41 bits per heavy atom. The molecule has 0 bridgehead atoms. The number of esters is 1. The third kappa shape index (κ3) is 5.30. The van der Waals surface area contributed by atoms with E-state index in [1.165, 1.54) is 26.3 Å². The molecule has 0 radical (unpaired) electrons. The van der Waals surface area contributed by atoms with Crippen LogP contribution < -0.4 is 9.46 Å². The molecule has 0 spiro atoms. The summed E-state index contributed by atoms with van der Waals surface area (Å²) in [5, 5.41) is 0. The molecule has 0 aliphatic rings. The number of ether oxygens (including phenoxy) is 2. The molecule has 0 aromatic heterocycles. The number of rotatable bonds is 9. The number of benzene rings is 2. The number of nitrogens with one attached hydrogen (secondary N) is 1. The highest BCUT2D eigenvalue weighted by atomic mass is 32.2. The van der Waals surface area contributed by atoms with Gasteiger partial charge < -0.3 is 9.47 Å². The topological polar surface area (TPSA) is 81.7 Å². The highest BCUT2D eigenvalue weighted by Gasteiger charge is 2.23. The SMILES string of the molecule is CCCCCc1c(Oc2ccccc2)cc(S(=O)(=O)NC)cc1C(=O)OC. The van der Waals surface area contributed by atoms with Crippen LogP contribution in [0.3, 0.4) is 0 Å². The van der Waals surface area contributed by atoms with Gasteiger partial charge in [0.2, 0.25) is 10.0 Å². The second kappa shape index (κ2) is 9.53. The summed E-state index contributed by atoms with van der Waals surface area (Å²) in [6.07, 6.45) is 3.45. The smallest absolute Gasteiger partial charge is 0.338 e. The van der Waals surface area contributed by atoms with Crippen molar-refractivity contribution in [3.63, 3.8) is 0 Å². The Kier molecular flexibility index (Phi) is 7.38. The first kappa shape index (κ1) is 20.9. The maximum atomic E-state index is 12.3. The lowest BCUT2D eigenvalue weighted by atomic mass is 10.00. The van der Waals surface area contributed by atoms with Gasteiger partial charge in [-0.3, -0.25) is 0 Å². The van der Waals surface area contributed by atoms with E-state index in [-0.39, 0.29) is 10.5 Å². The van der Waals surface area contributed by atoms with Gasteiger partial charge in [-0.2, -0.15) is 0 Å². The number of carbonyl (C=O) groups excluding carboxylic acids is 1. The largest absolute Gasteiger partial charge is 0.465 e. The van der Waals surface area contributed by atoms with E-state index in [2.05, 4.69) is 11.6 Å². The molecule has 0 saturated heterocycles. The normalized spacial score (nSPS) is 11.2. The van der Waals surface area contributed by atoms with Crippen molar-refractivity contribution in [1.82, 2.24) is 4.72 Å². The maximum Gasteiger partial charge on any atom is 0.338 e. The van der Waals surface area contributed by atoms with Crippen LogP contribution in [0.4, 0.5) is 0 Å². The fourth-order valence-electron chi connectivity index (χ4n) is 2.70. The van der Waals surface area contributed by atoms with Gasteiger partial charge in [-0.05, 0) is 38.1 Å². The number of sulfonamides is 1. The molecular formula is C20H25NO5S. The fourth-order valence-corrected chi connectivity index (χ4v) is 3.47. The zero-order valence-corrected chi connectivity index (χ0v) is 16.6. The van der Waals surface area contributed by atoms with Crippen molar-refractivity contribution in [3.05, 3.63) is 53.6 Å². The molecule has 146 valence electrons. The molecule has 0 saturated carbocycles. The van der Waals surface area contributed by atoms with Crippen LogP contribution in [0.1, 0.15) is 42.1 Å². The second-order valence-electron chi connectivity index (χ2n) is 6.02. The third-order valence-electron chi connectivity index (χ3n) is 4.17. The highest BCUT2D eigenvalue weighted by Crippen LogP contribution is 2.33. The highest BCUT2D eigenvalue weighted by molar-refractivity contribution is 7.89. The summed E-state index contributed by atoms with van der Waals surface area (Å²) in [5.41, 5.74) is 0.852. The van der Waals surface area contributed by atoms with E-state index in [0.717, 1.165) is 19.3 Å². The molecule has 0 heterocycles. The van der Waals surface area contributed by atoms with E-state index in [9.17, 15) is 13.2 Å². The Labute approximate surface area is 160 Å². The van der Waals surface area contributed by atoms with Gasteiger partial charge in [0.25, 0.3) is 0 Å². The summed E-state index contributed by atoms with van der Waals surface area (Å²) in [5.74, 6) is 0.311. The molecular weight excluding hydrogens is 366 g/mol. The predicted molar refractivity (Wildman–Crippen MR) is 104 cm³/mol. The van der Waals surface area contributed by atoms with E-state index in [4.69, 9.17) is 9.47 Å². The lowest BCUT2D eigenvalue weighted by Crippen LogP contribution is -2.20. The fraction of sp³-hybridized carbons (Fsp3) is 0.350. The van der Waals surface area contributed by atoms with E-state index >= 15 is 0 Å². The maximum absolute atomic E-state index is 12.3. The summed E-state index contributed by atoms with van der Waals surface area (Å²) >= 11 is 0. The van der Waals surface area contributed by atoms with Crippen molar-refractivity contribution in [3.8, 4) is 11.5 Å². The Bertz CT molecular complexity index is 879. The van der Waals surface area contributed by atoms with E-state index in [1.807, 2.05) is 18.2 Å². The first-order valence-corrected chi connectivity index (χ1v) is 10.3. The van der Waals surface area contributed by atoms with Crippen LogP contribution in [0.25, 0.3) is 0 Å². The molecule has 1 N–H and O–H groups in total. The molecule has 2 aromatic rings. The lowest BCUT2D eigenvalue weighted by molar-refractivity contribution is 0.0598. The van der Waals surface area contributed by atoms with Crippen LogP contribution >= 0.6 is 0 Å². The summed E-state index contributed by atoms with van der Waals surface area (Å²) in [4.78, 5) is 12.3. The quantitative estimate of drug-likeness (QED) is 0.518. The van der Waals surface area contributed by atoms with Crippen molar-refractivity contribution in [2.75, 3.05) is 14.2 Å². The van der Waals surface area contributed by atoms with Gasteiger partial charge in [0.1, 0.15) is 11.5 Å². The van der Waals surface area contributed by atoms with Crippen LogP contribution in [0.15, 0.2) is 47.4 Å². The zero-order chi connectivity index (χ0) is 19.9. The average molecular weight is 391 g/mol. The van der Waals surface area contributed by atoms with Gasteiger partial charge in [-0.15, -0.1) is 0 Å². The predicted octanol–water partition coefficient (Wildman–Crippen LogP) is 3.91. The molecule has 2 rings (SSSR count). The molecule has 0 amide bonds. The molecule has 0 aliphatic heterocycles. The molecule has 2 aromatic carbocycles. The van der Waals surface area contributed by atoms with Crippen LogP contribution in [0.2, 0.25) is 0 Å². The Morgan fingerprint density at radius 2 is 1.81 bits per heavy atom. The lowest BCUT2D eigenvalue weighted by Gasteiger charge is -2.17. The molecule has 0 fully saturated rings. The molecule has 7 heteroatoms. The second-order valence-corrected chi connectivity index (χ2v) is 7.91. The van der Waals surface area contributed by atoms with E-state index in [1.54, 1.807) is 12.1 Å².